The third-order valence-corrected chi connectivity index (χ3v) is 3.32. The standard InChI is InChI=1S/C12H15BrN2O3/c13-9-1-2-11(10(5-9)12(14)15-16)18-7-8-3-4-17-6-8/h1-2,5,8,16H,3-4,6-7H2,(H2,14,15). The highest BCUT2D eigenvalue weighted by atomic mass is 79.9. The van der Waals surface area contributed by atoms with Gasteiger partial charge in [0.1, 0.15) is 5.75 Å². The van der Waals surface area contributed by atoms with Crippen LogP contribution in [0.15, 0.2) is 27.8 Å². The molecule has 1 saturated heterocycles. The maximum Gasteiger partial charge on any atom is 0.173 e. The third-order valence-electron chi connectivity index (χ3n) is 2.82. The normalized spacial score (nSPS) is 20.1. The van der Waals surface area contributed by atoms with Gasteiger partial charge in [0, 0.05) is 17.0 Å². The van der Waals surface area contributed by atoms with Crippen LogP contribution in [-0.2, 0) is 4.74 Å². The fourth-order valence-electron chi connectivity index (χ4n) is 1.80. The van der Waals surface area contributed by atoms with E-state index >= 15 is 0 Å². The Labute approximate surface area is 114 Å². The number of nitrogens with zero attached hydrogens (tertiary/aromatic N) is 1. The maximum atomic E-state index is 8.76. The molecular weight excluding hydrogens is 300 g/mol. The highest BCUT2D eigenvalue weighted by Gasteiger charge is 2.17. The van der Waals surface area contributed by atoms with E-state index in [4.69, 9.17) is 20.4 Å². The first-order chi connectivity index (χ1) is 8.70. The molecule has 0 bridgehead atoms. The molecule has 3 N–H and O–H groups in total. The predicted octanol–water partition coefficient (Wildman–Crippen LogP) is 1.96. The Bertz CT molecular complexity index is 445. The second kappa shape index (κ2) is 6.06. The number of nitrogens with two attached hydrogens (primary N) is 1. The van der Waals surface area contributed by atoms with Crippen LogP contribution < -0.4 is 10.5 Å². The van der Waals surface area contributed by atoms with E-state index in [1.54, 1.807) is 12.1 Å². The van der Waals surface area contributed by atoms with Crippen molar-refractivity contribution in [1.82, 2.24) is 0 Å². The summed E-state index contributed by atoms with van der Waals surface area (Å²) in [6, 6.07) is 5.41. The molecular formula is C12H15BrN2O3. The maximum absolute atomic E-state index is 8.76. The zero-order chi connectivity index (χ0) is 13.0. The number of oxime groups is 1. The third kappa shape index (κ3) is 3.14. The van der Waals surface area contributed by atoms with Gasteiger partial charge in [-0.15, -0.1) is 0 Å². The highest BCUT2D eigenvalue weighted by molar-refractivity contribution is 9.10. The minimum absolute atomic E-state index is 0.0361. The first-order valence-electron chi connectivity index (χ1n) is 5.68. The van der Waals surface area contributed by atoms with Gasteiger partial charge in [-0.2, -0.15) is 0 Å². The van der Waals surface area contributed by atoms with Gasteiger partial charge in [-0.1, -0.05) is 21.1 Å². The van der Waals surface area contributed by atoms with Crippen LogP contribution in [0.4, 0.5) is 0 Å². The molecule has 1 heterocycles. The van der Waals surface area contributed by atoms with Gasteiger partial charge in [0.25, 0.3) is 0 Å². The van der Waals surface area contributed by atoms with Gasteiger partial charge in [-0.05, 0) is 24.6 Å². The summed E-state index contributed by atoms with van der Waals surface area (Å²) in [5.41, 5.74) is 6.20. The van der Waals surface area contributed by atoms with Crippen molar-refractivity contribution in [3.8, 4) is 5.75 Å². The molecule has 0 aliphatic carbocycles. The average molecular weight is 315 g/mol. The summed E-state index contributed by atoms with van der Waals surface area (Å²) in [6.45, 7) is 2.10. The second-order valence-electron chi connectivity index (χ2n) is 4.17. The van der Waals surface area contributed by atoms with Crippen LogP contribution >= 0.6 is 15.9 Å². The Hall–Kier alpha value is -1.27. The highest BCUT2D eigenvalue weighted by Crippen LogP contribution is 2.24. The lowest BCUT2D eigenvalue weighted by atomic mass is 10.1. The summed E-state index contributed by atoms with van der Waals surface area (Å²) in [6.07, 6.45) is 1.01. The van der Waals surface area contributed by atoms with Crippen LogP contribution in [0, 0.1) is 5.92 Å². The monoisotopic (exact) mass is 314 g/mol. The van der Waals surface area contributed by atoms with E-state index in [0.29, 0.717) is 23.8 Å². The lowest BCUT2D eigenvalue weighted by Crippen LogP contribution is -2.17. The van der Waals surface area contributed by atoms with Crippen LogP contribution in [0.25, 0.3) is 0 Å². The molecule has 1 unspecified atom stereocenters. The zero-order valence-corrected chi connectivity index (χ0v) is 11.4. The van der Waals surface area contributed by atoms with Gasteiger partial charge >= 0.3 is 0 Å². The van der Waals surface area contributed by atoms with Crippen molar-refractivity contribution in [3.05, 3.63) is 28.2 Å². The van der Waals surface area contributed by atoms with Crippen LogP contribution in [0.1, 0.15) is 12.0 Å². The van der Waals surface area contributed by atoms with E-state index in [1.165, 1.54) is 0 Å². The predicted molar refractivity (Wildman–Crippen MR) is 71.1 cm³/mol. The molecule has 0 aromatic heterocycles. The molecule has 5 nitrogen and oxygen atoms in total. The molecule has 1 atom stereocenters. The van der Waals surface area contributed by atoms with E-state index in [2.05, 4.69) is 21.1 Å². The Morgan fingerprint density at radius 3 is 3.11 bits per heavy atom. The molecule has 1 aliphatic rings. The summed E-state index contributed by atoms with van der Waals surface area (Å²) in [5.74, 6) is 1.06. The summed E-state index contributed by atoms with van der Waals surface area (Å²) in [4.78, 5) is 0. The molecule has 18 heavy (non-hydrogen) atoms. The molecule has 2 rings (SSSR count). The molecule has 0 amide bonds. The van der Waals surface area contributed by atoms with Crippen LogP contribution in [0.5, 0.6) is 5.75 Å². The second-order valence-corrected chi connectivity index (χ2v) is 5.08. The van der Waals surface area contributed by atoms with E-state index in [9.17, 15) is 0 Å². The van der Waals surface area contributed by atoms with Crippen molar-refractivity contribution in [2.45, 2.75) is 6.42 Å². The number of benzene rings is 1. The van der Waals surface area contributed by atoms with E-state index < -0.39 is 0 Å². The minimum atomic E-state index is 0.0361. The van der Waals surface area contributed by atoms with Gasteiger partial charge in [0.2, 0.25) is 0 Å². The van der Waals surface area contributed by atoms with Crippen LogP contribution in [-0.4, -0.2) is 30.9 Å². The largest absolute Gasteiger partial charge is 0.492 e. The topological polar surface area (TPSA) is 77.1 Å². The van der Waals surface area contributed by atoms with Crippen molar-refractivity contribution < 1.29 is 14.7 Å². The van der Waals surface area contributed by atoms with Crippen LogP contribution in [0.3, 0.4) is 0 Å². The zero-order valence-electron chi connectivity index (χ0n) is 9.80. The first-order valence-corrected chi connectivity index (χ1v) is 6.48. The van der Waals surface area contributed by atoms with Gasteiger partial charge in [0.15, 0.2) is 5.84 Å². The van der Waals surface area contributed by atoms with Crippen molar-refractivity contribution in [2.24, 2.45) is 16.8 Å². The van der Waals surface area contributed by atoms with Gasteiger partial charge in [-0.25, -0.2) is 0 Å². The number of halogens is 1. The molecule has 0 spiro atoms. The average Bonchev–Trinajstić information content (AvgIpc) is 2.89. The molecule has 1 fully saturated rings. The molecule has 1 aromatic carbocycles. The number of rotatable bonds is 4. The molecule has 6 heteroatoms. The molecule has 98 valence electrons. The number of amidine groups is 1. The Kier molecular flexibility index (Phi) is 4.43. The quantitative estimate of drug-likeness (QED) is 0.385. The van der Waals surface area contributed by atoms with Crippen molar-refractivity contribution in [3.63, 3.8) is 0 Å². The van der Waals surface area contributed by atoms with Crippen LogP contribution in [0.2, 0.25) is 0 Å². The lowest BCUT2D eigenvalue weighted by Gasteiger charge is -2.13. The number of hydrogen-bond acceptors (Lipinski definition) is 4. The fourth-order valence-corrected chi connectivity index (χ4v) is 2.17. The summed E-state index contributed by atoms with van der Waals surface area (Å²) in [7, 11) is 0. The number of hydrogen-bond donors (Lipinski definition) is 2. The summed E-state index contributed by atoms with van der Waals surface area (Å²) in [5, 5.41) is 11.8. The SMILES string of the molecule is N/C(=N/O)c1cc(Br)ccc1OCC1CCOC1. The lowest BCUT2D eigenvalue weighted by molar-refractivity contribution is 0.167. The smallest absolute Gasteiger partial charge is 0.173 e. The molecule has 0 saturated carbocycles. The Morgan fingerprint density at radius 1 is 1.61 bits per heavy atom. The van der Waals surface area contributed by atoms with Crippen molar-refractivity contribution in [1.29, 1.82) is 0 Å². The minimum Gasteiger partial charge on any atom is -0.492 e. The molecule has 0 radical (unpaired) electrons. The summed E-state index contributed by atoms with van der Waals surface area (Å²) >= 11 is 3.34. The Morgan fingerprint density at radius 2 is 2.44 bits per heavy atom. The first kappa shape index (κ1) is 13.2. The molecule has 1 aliphatic heterocycles. The van der Waals surface area contributed by atoms with Gasteiger partial charge in [-0.3, -0.25) is 0 Å². The van der Waals surface area contributed by atoms with E-state index in [0.717, 1.165) is 24.1 Å². The Balaban J connectivity index is 2.10. The van der Waals surface area contributed by atoms with E-state index in [-0.39, 0.29) is 5.84 Å². The fraction of sp³-hybridized carbons (Fsp3) is 0.417. The van der Waals surface area contributed by atoms with E-state index in [1.807, 2.05) is 6.07 Å². The van der Waals surface area contributed by atoms with Gasteiger partial charge < -0.3 is 20.4 Å². The van der Waals surface area contributed by atoms with Crippen molar-refractivity contribution in [2.75, 3.05) is 19.8 Å². The number of ether oxygens (including phenoxy) is 2. The van der Waals surface area contributed by atoms with Crippen molar-refractivity contribution >= 4 is 21.8 Å². The molecule has 1 aromatic rings. The van der Waals surface area contributed by atoms with Gasteiger partial charge in [0.05, 0.1) is 18.8 Å². The summed E-state index contributed by atoms with van der Waals surface area (Å²) < 4.78 is 11.9.